The maximum Gasteiger partial charge on any atom is 0.387 e. The van der Waals surface area contributed by atoms with Crippen molar-refractivity contribution in [3.8, 4) is 0 Å². The van der Waals surface area contributed by atoms with Gasteiger partial charge in [0.05, 0.1) is 25.9 Å². The predicted octanol–water partition coefficient (Wildman–Crippen LogP) is 0.274. The van der Waals surface area contributed by atoms with E-state index in [0.29, 0.717) is 0 Å². The van der Waals surface area contributed by atoms with Gasteiger partial charge in [-0.05, 0) is 11.8 Å². The van der Waals surface area contributed by atoms with E-state index in [2.05, 4.69) is 42.2 Å². The van der Waals surface area contributed by atoms with E-state index >= 15 is 4.39 Å². The molecule has 1 saturated heterocycles. The second-order valence-electron chi connectivity index (χ2n) is 8.78. The second kappa shape index (κ2) is 10.6. The lowest BCUT2D eigenvalue weighted by Gasteiger charge is -2.24. The summed E-state index contributed by atoms with van der Waals surface area (Å²) in [5, 5.41) is 0. The van der Waals surface area contributed by atoms with Crippen molar-refractivity contribution in [3.05, 3.63) is 39.2 Å². The minimum atomic E-state index is -4.38. The number of halogens is 1. The Hall–Kier alpha value is -2.58. The molecular weight excluding hydrogens is 631 g/mol. The number of fused-ring (bicyclic) bond motifs is 6. The van der Waals surface area contributed by atoms with Gasteiger partial charge >= 0.3 is 13.5 Å². The van der Waals surface area contributed by atoms with E-state index < -0.39 is 62.5 Å². The van der Waals surface area contributed by atoms with Crippen molar-refractivity contribution in [1.82, 2.24) is 39.0 Å². The van der Waals surface area contributed by atoms with E-state index in [1.807, 2.05) is 0 Å². The largest absolute Gasteiger partial charge is 0.387 e. The van der Waals surface area contributed by atoms with Gasteiger partial charge in [0, 0.05) is 6.54 Å². The summed E-state index contributed by atoms with van der Waals surface area (Å²) in [7, 11) is 0. The van der Waals surface area contributed by atoms with Gasteiger partial charge in [0.2, 0.25) is 5.95 Å². The second-order valence-corrected chi connectivity index (χ2v) is 14.5. The lowest BCUT2D eigenvalue weighted by Crippen LogP contribution is -2.32. The third-order valence-electron chi connectivity index (χ3n) is 6.19. The molecular formula is C18H20FN9O9P2S2. The fourth-order valence-corrected chi connectivity index (χ4v) is 6.90. The van der Waals surface area contributed by atoms with Gasteiger partial charge in [0.15, 0.2) is 34.7 Å². The number of anilines is 1. The molecule has 0 radical (unpaired) electrons. The molecule has 6 rings (SSSR count). The Bertz CT molecular complexity index is 1860. The fraction of sp³-hybridized carbons (Fsp3) is 0.444. The number of thiol groups is 1. The summed E-state index contributed by atoms with van der Waals surface area (Å²) < 4.78 is 59.2. The van der Waals surface area contributed by atoms with Gasteiger partial charge in [-0.3, -0.25) is 28.2 Å². The molecule has 23 heteroatoms. The Balaban J connectivity index is 1.39. The van der Waals surface area contributed by atoms with Crippen LogP contribution < -0.4 is 16.9 Å². The molecule has 0 aliphatic carbocycles. The Morgan fingerprint density at radius 2 is 1.98 bits per heavy atom. The number of nitrogens with two attached hydrogens (primary N) is 1. The summed E-state index contributed by atoms with van der Waals surface area (Å²) in [6, 6.07) is 0. The molecule has 5 N–H and O–H groups in total. The molecule has 41 heavy (non-hydrogen) atoms. The van der Waals surface area contributed by atoms with Crippen LogP contribution in [-0.2, 0) is 52.4 Å². The summed E-state index contributed by atoms with van der Waals surface area (Å²) in [5.41, 5.74) is 4.34. The van der Waals surface area contributed by atoms with Gasteiger partial charge in [-0.2, -0.15) is 4.98 Å². The zero-order valence-corrected chi connectivity index (χ0v) is 23.9. The molecule has 1 fully saturated rings. The number of hydrogen-bond donors (Lipinski definition) is 5. The van der Waals surface area contributed by atoms with E-state index in [1.54, 1.807) is 0 Å². The van der Waals surface area contributed by atoms with Gasteiger partial charge < -0.3 is 34.0 Å². The molecule has 4 aromatic heterocycles. The zero-order valence-electron chi connectivity index (χ0n) is 20.4. The van der Waals surface area contributed by atoms with Crippen LogP contribution in [0.2, 0.25) is 0 Å². The van der Waals surface area contributed by atoms with Gasteiger partial charge in [0.25, 0.3) is 11.1 Å². The molecule has 2 bridgehead atoms. The number of alkyl halides is 1. The monoisotopic (exact) mass is 651 g/mol. The first-order valence-electron chi connectivity index (χ1n) is 11.6. The van der Waals surface area contributed by atoms with E-state index in [9.17, 15) is 19.0 Å². The summed E-state index contributed by atoms with van der Waals surface area (Å²) in [5.74, 6) is -0.176. The van der Waals surface area contributed by atoms with Crippen LogP contribution in [0.25, 0.3) is 22.3 Å². The van der Waals surface area contributed by atoms with Crippen LogP contribution in [0.5, 0.6) is 0 Å². The summed E-state index contributed by atoms with van der Waals surface area (Å²) in [4.78, 5) is 56.1. The van der Waals surface area contributed by atoms with E-state index in [4.69, 9.17) is 40.4 Å². The van der Waals surface area contributed by atoms with Crippen molar-refractivity contribution in [2.24, 2.45) is 0 Å². The third-order valence-corrected chi connectivity index (χ3v) is 9.40. The van der Waals surface area contributed by atoms with Crippen molar-refractivity contribution in [2.45, 2.75) is 37.8 Å². The topological polar surface area (TPSA) is 237 Å². The average Bonchev–Trinajstić information content (AvgIpc) is 3.56. The van der Waals surface area contributed by atoms with Gasteiger partial charge in [0.1, 0.15) is 24.6 Å². The number of nitrogens with one attached hydrogen (secondary N) is 2. The number of hydrogen-bond acceptors (Lipinski definition) is 14. The van der Waals surface area contributed by atoms with Crippen LogP contribution in [0.4, 0.5) is 10.3 Å². The maximum absolute atomic E-state index is 15.8. The highest BCUT2D eigenvalue weighted by atomic mass is 32.7. The number of nitrogens with zero attached hydrogens (tertiary/aromatic N) is 6. The minimum absolute atomic E-state index is 0.0228. The number of H-pyrrole nitrogens is 2. The van der Waals surface area contributed by atoms with Crippen LogP contribution >= 0.6 is 25.8 Å². The molecule has 0 amide bonds. The zero-order chi connectivity index (χ0) is 29.1. The van der Waals surface area contributed by atoms with Crippen LogP contribution in [0.1, 0.15) is 12.1 Å². The van der Waals surface area contributed by atoms with Crippen molar-refractivity contribution in [2.75, 3.05) is 18.9 Å². The maximum atomic E-state index is 15.8. The normalized spacial score (nSPS) is 31.6. The first-order chi connectivity index (χ1) is 19.4. The van der Waals surface area contributed by atoms with Crippen molar-refractivity contribution >= 4 is 65.8 Å². The van der Waals surface area contributed by atoms with Crippen molar-refractivity contribution in [3.63, 3.8) is 0 Å². The van der Waals surface area contributed by atoms with Crippen LogP contribution in [0.15, 0.2) is 22.2 Å². The Morgan fingerprint density at radius 1 is 1.17 bits per heavy atom. The van der Waals surface area contributed by atoms with Crippen molar-refractivity contribution < 1.29 is 36.7 Å². The smallest absolute Gasteiger partial charge is 0.369 e. The predicted molar refractivity (Wildman–Crippen MR) is 144 cm³/mol. The van der Waals surface area contributed by atoms with E-state index in [1.165, 1.54) is 4.57 Å². The van der Waals surface area contributed by atoms with Gasteiger partial charge in [-0.25, -0.2) is 23.9 Å². The number of aromatic nitrogens is 8. The summed E-state index contributed by atoms with van der Waals surface area (Å²) in [6.45, 7) is -9.66. The third kappa shape index (κ3) is 5.50. The highest BCUT2D eigenvalue weighted by molar-refractivity contribution is 8.44. The first kappa shape index (κ1) is 28.5. The molecule has 2 aliphatic rings. The number of ether oxygens (including phenoxy) is 1. The van der Waals surface area contributed by atoms with E-state index in [0.717, 1.165) is 17.2 Å². The minimum Gasteiger partial charge on any atom is -0.369 e. The molecule has 6 atom stereocenters. The van der Waals surface area contributed by atoms with Gasteiger partial charge in [-0.15, -0.1) is 0 Å². The quantitative estimate of drug-likeness (QED) is 0.137. The van der Waals surface area contributed by atoms with E-state index in [-0.39, 0.29) is 47.3 Å². The molecule has 0 spiro atoms. The molecule has 220 valence electrons. The molecule has 4 aromatic rings. The van der Waals surface area contributed by atoms with Crippen LogP contribution in [0.3, 0.4) is 0 Å². The number of nitrogen functional groups attached to an aromatic ring is 1. The highest BCUT2D eigenvalue weighted by Gasteiger charge is 2.51. The number of aromatic amines is 2. The molecule has 6 heterocycles. The fourth-order valence-electron chi connectivity index (χ4n) is 4.41. The standard InChI is InChI=1S/C18H20FN9O9P2S2/c19-9-7-3-34-38(31,40)33-2-1-27-8(24-11-13(27)21-5-22-15(11)29)4-35-39(32,41)37-12(9)17(36-7)28-6-23-10-14(28)25-18(20)26-16(10)30/h5-7,9,12,17H,1-4H2,(H,31,40)(H,32,41)(H,21,22,29)(H3,20,25,26,30)/t7-,9+,12-,17+,38?,39?/m1/s1. The number of rotatable bonds is 1. The first-order valence-corrected chi connectivity index (χ1v) is 16.9. The Labute approximate surface area is 237 Å². The summed E-state index contributed by atoms with van der Waals surface area (Å²) in [6.07, 6.45) is -4.28. The Kier molecular flexibility index (Phi) is 7.38. The molecule has 2 unspecified atom stereocenters. The molecule has 0 aromatic carbocycles. The molecule has 0 saturated carbocycles. The summed E-state index contributed by atoms with van der Waals surface area (Å²) >= 11 is 9.07. The lowest BCUT2D eigenvalue weighted by atomic mass is 10.1. The van der Waals surface area contributed by atoms with Crippen LogP contribution in [-0.4, -0.2) is 75.5 Å². The highest BCUT2D eigenvalue weighted by Crippen LogP contribution is 2.57. The number of imidazole rings is 2. The average molecular weight is 651 g/mol. The SMILES string of the molecule is Nc1nc2c(ncn2[C@H]2O[C@@H]3COP(O)(=S)OCCn4c(nc5c(=O)[nH]cnc54)COP(=O)(S)O[C@@H]2[C@H]3F)c(=O)[nH]1. The van der Waals surface area contributed by atoms with Crippen molar-refractivity contribution in [1.29, 1.82) is 0 Å². The van der Waals surface area contributed by atoms with Gasteiger partial charge in [-0.1, -0.05) is 12.2 Å². The molecule has 18 nitrogen and oxygen atoms in total. The molecule has 2 aliphatic heterocycles. The Morgan fingerprint density at radius 3 is 2.78 bits per heavy atom. The van der Waals surface area contributed by atoms with Crippen LogP contribution in [0, 0.1) is 0 Å². The lowest BCUT2D eigenvalue weighted by molar-refractivity contribution is -0.0453.